The van der Waals surface area contributed by atoms with Crippen LogP contribution >= 0.6 is 0 Å². The van der Waals surface area contributed by atoms with Gasteiger partial charge in [-0.1, -0.05) is 13.0 Å². The normalized spacial score (nSPS) is 18.0. The van der Waals surface area contributed by atoms with E-state index < -0.39 is 0 Å². The number of urea groups is 1. The zero-order valence-corrected chi connectivity index (χ0v) is 14.6. The van der Waals surface area contributed by atoms with Crippen LogP contribution in [0.3, 0.4) is 0 Å². The first-order valence-electron chi connectivity index (χ1n) is 8.90. The molecule has 0 radical (unpaired) electrons. The van der Waals surface area contributed by atoms with Crippen LogP contribution in [-0.4, -0.2) is 51.5 Å². The molecule has 134 valence electrons. The fourth-order valence-corrected chi connectivity index (χ4v) is 2.92. The molecule has 2 amide bonds. The number of hydrogen-bond acceptors (Lipinski definition) is 4. The van der Waals surface area contributed by atoms with Crippen LogP contribution in [0.5, 0.6) is 0 Å². The number of likely N-dealkylation sites (tertiary alicyclic amines) is 1. The average Bonchev–Trinajstić information content (AvgIpc) is 2.97. The van der Waals surface area contributed by atoms with E-state index in [4.69, 9.17) is 4.74 Å². The third-order valence-corrected chi connectivity index (χ3v) is 4.24. The average molecular weight is 343 g/mol. The lowest BCUT2D eigenvalue weighted by Crippen LogP contribution is -2.35. The van der Waals surface area contributed by atoms with Gasteiger partial charge in [0.1, 0.15) is 0 Å². The van der Waals surface area contributed by atoms with Crippen molar-refractivity contribution in [3.63, 3.8) is 0 Å². The molecule has 1 aliphatic heterocycles. The molecule has 1 unspecified atom stereocenters. The molecule has 1 atom stereocenters. The van der Waals surface area contributed by atoms with Crippen molar-refractivity contribution in [1.29, 1.82) is 0 Å². The molecule has 1 N–H and O–H groups in total. The summed E-state index contributed by atoms with van der Waals surface area (Å²) < 4.78 is 7.48. The van der Waals surface area contributed by atoms with Crippen molar-refractivity contribution in [2.75, 3.05) is 25.0 Å². The second-order valence-electron chi connectivity index (χ2n) is 6.20. The van der Waals surface area contributed by atoms with E-state index in [9.17, 15) is 4.79 Å². The molecule has 0 aromatic carbocycles. The standard InChI is InChI=1S/C18H25N5O2/c1-2-12-25-16-6-5-10-22(11-8-16)18(24)21-15-13-20-23(14-15)17-7-3-4-9-19-17/h3-4,7,9,13-14,16H,2,5-6,8,10-12H2,1H3,(H,21,24). The van der Waals surface area contributed by atoms with Gasteiger partial charge in [-0.05, 0) is 37.8 Å². The Morgan fingerprint density at radius 3 is 3.08 bits per heavy atom. The zero-order valence-electron chi connectivity index (χ0n) is 14.6. The maximum absolute atomic E-state index is 12.5. The van der Waals surface area contributed by atoms with Crippen molar-refractivity contribution in [1.82, 2.24) is 19.7 Å². The van der Waals surface area contributed by atoms with Crippen molar-refractivity contribution >= 4 is 11.7 Å². The van der Waals surface area contributed by atoms with E-state index in [1.165, 1.54) is 0 Å². The van der Waals surface area contributed by atoms with Crippen LogP contribution in [0.2, 0.25) is 0 Å². The fraction of sp³-hybridized carbons (Fsp3) is 0.500. The van der Waals surface area contributed by atoms with Gasteiger partial charge >= 0.3 is 6.03 Å². The first kappa shape index (κ1) is 17.4. The monoisotopic (exact) mass is 343 g/mol. The van der Waals surface area contributed by atoms with E-state index in [1.54, 1.807) is 23.3 Å². The summed E-state index contributed by atoms with van der Waals surface area (Å²) in [4.78, 5) is 18.6. The highest BCUT2D eigenvalue weighted by Crippen LogP contribution is 2.16. The number of carbonyl (C=O) groups excluding carboxylic acids is 1. The number of hydrogen-bond donors (Lipinski definition) is 1. The summed E-state index contributed by atoms with van der Waals surface area (Å²) in [7, 11) is 0. The summed E-state index contributed by atoms with van der Waals surface area (Å²) in [6, 6.07) is 5.53. The number of pyridine rings is 1. The Morgan fingerprint density at radius 1 is 1.36 bits per heavy atom. The van der Waals surface area contributed by atoms with Crippen LogP contribution in [0.15, 0.2) is 36.8 Å². The van der Waals surface area contributed by atoms with Gasteiger partial charge in [0.25, 0.3) is 0 Å². The predicted octanol–water partition coefficient (Wildman–Crippen LogP) is 3.08. The van der Waals surface area contributed by atoms with Gasteiger partial charge < -0.3 is 15.0 Å². The molecule has 2 aromatic heterocycles. The molecular weight excluding hydrogens is 318 g/mol. The summed E-state index contributed by atoms with van der Waals surface area (Å²) >= 11 is 0. The minimum atomic E-state index is -0.0864. The molecular formula is C18H25N5O2. The van der Waals surface area contributed by atoms with Crippen molar-refractivity contribution < 1.29 is 9.53 Å². The molecule has 2 aromatic rings. The van der Waals surface area contributed by atoms with Crippen LogP contribution in [0.25, 0.3) is 5.82 Å². The summed E-state index contributed by atoms with van der Waals surface area (Å²) in [5.41, 5.74) is 0.665. The molecule has 0 spiro atoms. The minimum Gasteiger partial charge on any atom is -0.378 e. The summed E-state index contributed by atoms with van der Waals surface area (Å²) in [5, 5.41) is 7.17. The summed E-state index contributed by atoms with van der Waals surface area (Å²) in [5.74, 6) is 0.716. The Balaban J connectivity index is 1.55. The Kier molecular flexibility index (Phi) is 6.00. The van der Waals surface area contributed by atoms with Crippen LogP contribution in [0.1, 0.15) is 32.6 Å². The first-order valence-corrected chi connectivity index (χ1v) is 8.90. The predicted molar refractivity (Wildman–Crippen MR) is 95.8 cm³/mol. The number of rotatable bonds is 5. The Morgan fingerprint density at radius 2 is 2.28 bits per heavy atom. The molecule has 3 rings (SSSR count). The van der Waals surface area contributed by atoms with E-state index in [0.717, 1.165) is 38.8 Å². The van der Waals surface area contributed by atoms with E-state index >= 15 is 0 Å². The molecule has 1 saturated heterocycles. The number of anilines is 1. The third-order valence-electron chi connectivity index (χ3n) is 4.24. The lowest BCUT2D eigenvalue weighted by atomic mass is 10.2. The largest absolute Gasteiger partial charge is 0.378 e. The first-order chi connectivity index (χ1) is 12.3. The smallest absolute Gasteiger partial charge is 0.321 e. The highest BCUT2D eigenvalue weighted by molar-refractivity contribution is 5.89. The van der Waals surface area contributed by atoms with E-state index in [2.05, 4.69) is 22.3 Å². The second kappa shape index (κ2) is 8.62. The van der Waals surface area contributed by atoms with Crippen LogP contribution < -0.4 is 5.32 Å². The SMILES string of the molecule is CCCOC1CCCN(C(=O)Nc2cnn(-c3ccccn3)c2)CC1. The maximum atomic E-state index is 12.5. The van der Waals surface area contributed by atoms with Gasteiger partial charge in [0.2, 0.25) is 0 Å². The molecule has 7 nitrogen and oxygen atoms in total. The Bertz CT molecular complexity index is 673. The number of aromatic nitrogens is 3. The van der Waals surface area contributed by atoms with Crippen molar-refractivity contribution in [3.05, 3.63) is 36.8 Å². The van der Waals surface area contributed by atoms with Crippen molar-refractivity contribution in [2.45, 2.75) is 38.7 Å². The van der Waals surface area contributed by atoms with Crippen molar-refractivity contribution in [3.8, 4) is 5.82 Å². The van der Waals surface area contributed by atoms with Gasteiger partial charge in [0.05, 0.1) is 24.2 Å². The van der Waals surface area contributed by atoms with Crippen molar-refractivity contribution in [2.24, 2.45) is 0 Å². The van der Waals surface area contributed by atoms with Gasteiger partial charge in [-0.3, -0.25) is 0 Å². The van der Waals surface area contributed by atoms with Gasteiger partial charge in [0.15, 0.2) is 5.82 Å². The zero-order chi connectivity index (χ0) is 17.5. The van der Waals surface area contributed by atoms with E-state index in [-0.39, 0.29) is 12.1 Å². The topological polar surface area (TPSA) is 72.3 Å². The third kappa shape index (κ3) is 4.79. The second-order valence-corrected chi connectivity index (χ2v) is 6.20. The summed E-state index contributed by atoms with van der Waals surface area (Å²) in [6.07, 6.45) is 9.29. The molecule has 25 heavy (non-hydrogen) atoms. The van der Waals surface area contributed by atoms with E-state index in [1.807, 2.05) is 23.1 Å². The van der Waals surface area contributed by atoms with Gasteiger partial charge in [-0.15, -0.1) is 0 Å². The number of carbonyl (C=O) groups is 1. The maximum Gasteiger partial charge on any atom is 0.321 e. The van der Waals surface area contributed by atoms with Crippen LogP contribution in [0.4, 0.5) is 10.5 Å². The Labute approximate surface area is 148 Å². The summed E-state index contributed by atoms with van der Waals surface area (Å²) in [6.45, 7) is 4.38. The molecule has 1 fully saturated rings. The molecule has 0 aliphatic carbocycles. The van der Waals surface area contributed by atoms with Crippen LogP contribution in [0, 0.1) is 0 Å². The highest BCUT2D eigenvalue weighted by Gasteiger charge is 2.21. The molecule has 7 heteroatoms. The molecule has 3 heterocycles. The van der Waals surface area contributed by atoms with E-state index in [0.29, 0.717) is 18.1 Å². The lowest BCUT2D eigenvalue weighted by molar-refractivity contribution is 0.0446. The quantitative estimate of drug-likeness (QED) is 0.905. The molecule has 0 saturated carbocycles. The minimum absolute atomic E-state index is 0.0864. The van der Waals surface area contributed by atoms with Gasteiger partial charge in [-0.25, -0.2) is 14.5 Å². The lowest BCUT2D eigenvalue weighted by Gasteiger charge is -2.20. The van der Waals surface area contributed by atoms with Gasteiger partial charge in [-0.2, -0.15) is 5.10 Å². The fourth-order valence-electron chi connectivity index (χ4n) is 2.92. The number of nitrogens with zero attached hydrogens (tertiary/aromatic N) is 4. The molecule has 0 bridgehead atoms. The van der Waals surface area contributed by atoms with Gasteiger partial charge in [0, 0.05) is 25.9 Å². The Hall–Kier alpha value is -2.41. The molecule has 1 aliphatic rings. The number of ether oxygens (including phenoxy) is 1. The number of nitrogens with one attached hydrogen (secondary N) is 1. The van der Waals surface area contributed by atoms with Crippen LogP contribution in [-0.2, 0) is 4.74 Å². The number of amides is 2. The highest BCUT2D eigenvalue weighted by atomic mass is 16.5.